The molecule has 106 valence electrons. The van der Waals surface area contributed by atoms with E-state index >= 15 is 0 Å². The molecule has 1 aromatic carbocycles. The van der Waals surface area contributed by atoms with Gasteiger partial charge in [-0.2, -0.15) is 0 Å². The lowest BCUT2D eigenvalue weighted by Crippen LogP contribution is -2.30. The number of piperidine rings is 1. The van der Waals surface area contributed by atoms with Crippen molar-refractivity contribution in [3.63, 3.8) is 0 Å². The number of rotatable bonds is 4. The molecule has 1 N–H and O–H groups in total. The molecule has 1 aliphatic rings. The van der Waals surface area contributed by atoms with Gasteiger partial charge in [-0.25, -0.2) is 8.42 Å². The summed E-state index contributed by atoms with van der Waals surface area (Å²) in [5, 5.41) is 3.42. The Balaban J connectivity index is 2.02. The first-order valence-corrected chi connectivity index (χ1v) is 8.55. The number of hydrogen-bond donors (Lipinski definition) is 1. The molecule has 0 bridgehead atoms. The zero-order chi connectivity index (χ0) is 13.9. The van der Waals surface area contributed by atoms with Gasteiger partial charge in [-0.05, 0) is 56.0 Å². The molecule has 1 aliphatic heterocycles. The van der Waals surface area contributed by atoms with E-state index < -0.39 is 10.0 Å². The molecule has 0 radical (unpaired) electrons. The van der Waals surface area contributed by atoms with E-state index in [0.717, 1.165) is 19.5 Å². The van der Waals surface area contributed by atoms with Crippen LogP contribution in [0, 0.1) is 5.92 Å². The zero-order valence-electron chi connectivity index (χ0n) is 11.6. The van der Waals surface area contributed by atoms with Gasteiger partial charge in [0.15, 0.2) is 0 Å². The highest BCUT2D eigenvalue weighted by Gasteiger charge is 2.14. The van der Waals surface area contributed by atoms with E-state index in [1.807, 2.05) is 24.3 Å². The first-order valence-electron chi connectivity index (χ1n) is 6.70. The maximum absolute atomic E-state index is 11.5. The first-order chi connectivity index (χ1) is 8.97. The minimum atomic E-state index is -3.17. The Morgan fingerprint density at radius 1 is 1.32 bits per heavy atom. The molecule has 0 aliphatic carbocycles. The van der Waals surface area contributed by atoms with Crippen LogP contribution in [-0.2, 0) is 16.4 Å². The number of anilines is 1. The second-order valence-corrected chi connectivity index (χ2v) is 7.33. The summed E-state index contributed by atoms with van der Waals surface area (Å²) in [4.78, 5) is 0. The third-order valence-corrected chi connectivity index (χ3v) is 4.93. The normalized spacial score (nSPS) is 20.2. The van der Waals surface area contributed by atoms with Gasteiger partial charge in [0.1, 0.15) is 0 Å². The van der Waals surface area contributed by atoms with Gasteiger partial charge in [-0.15, -0.1) is 0 Å². The zero-order valence-corrected chi connectivity index (χ0v) is 12.4. The first kappa shape index (κ1) is 14.3. The van der Waals surface area contributed by atoms with Crippen LogP contribution in [0.1, 0.15) is 18.4 Å². The van der Waals surface area contributed by atoms with Gasteiger partial charge in [0.25, 0.3) is 0 Å². The van der Waals surface area contributed by atoms with E-state index in [9.17, 15) is 8.42 Å². The fourth-order valence-corrected chi connectivity index (χ4v) is 2.97. The molecule has 19 heavy (non-hydrogen) atoms. The van der Waals surface area contributed by atoms with Crippen LogP contribution in [-0.4, -0.2) is 34.8 Å². The molecule has 0 amide bonds. The Morgan fingerprint density at radius 2 is 2.00 bits per heavy atom. The SMILES string of the molecule is CN(c1ccc(CC2CCCNC2)cc1)S(C)(=O)=O. The molecule has 1 saturated heterocycles. The highest BCUT2D eigenvalue weighted by Crippen LogP contribution is 2.20. The van der Waals surface area contributed by atoms with Crippen molar-refractivity contribution < 1.29 is 8.42 Å². The lowest BCUT2D eigenvalue weighted by molar-refractivity contribution is 0.376. The van der Waals surface area contributed by atoms with E-state index in [4.69, 9.17) is 0 Å². The lowest BCUT2D eigenvalue weighted by Gasteiger charge is -2.23. The van der Waals surface area contributed by atoms with Crippen LogP contribution in [0.4, 0.5) is 5.69 Å². The summed E-state index contributed by atoms with van der Waals surface area (Å²) in [6.45, 7) is 2.22. The Bertz CT molecular complexity index is 505. The van der Waals surface area contributed by atoms with Crippen molar-refractivity contribution >= 4 is 15.7 Å². The number of nitrogens with one attached hydrogen (secondary N) is 1. The molecule has 0 saturated carbocycles. The molecule has 4 nitrogen and oxygen atoms in total. The largest absolute Gasteiger partial charge is 0.316 e. The molecule has 1 fully saturated rings. The molecule has 1 atom stereocenters. The standard InChI is InChI=1S/C14H22N2O2S/c1-16(19(2,17)18)14-7-5-12(6-8-14)10-13-4-3-9-15-11-13/h5-8,13,15H,3-4,9-11H2,1-2H3. The smallest absolute Gasteiger partial charge is 0.231 e. The highest BCUT2D eigenvalue weighted by atomic mass is 32.2. The van der Waals surface area contributed by atoms with Gasteiger partial charge >= 0.3 is 0 Å². The molecule has 0 spiro atoms. The molecule has 2 rings (SSSR count). The number of hydrogen-bond acceptors (Lipinski definition) is 3. The fourth-order valence-electron chi connectivity index (χ4n) is 2.46. The molecule has 1 unspecified atom stereocenters. The molecular formula is C14H22N2O2S. The Kier molecular flexibility index (Phi) is 4.47. The average molecular weight is 282 g/mol. The molecule has 1 heterocycles. The lowest BCUT2D eigenvalue weighted by atomic mass is 9.92. The third kappa shape index (κ3) is 3.94. The fraction of sp³-hybridized carbons (Fsp3) is 0.571. The van der Waals surface area contributed by atoms with Crippen molar-refractivity contribution in [2.24, 2.45) is 5.92 Å². The average Bonchev–Trinajstić information content (AvgIpc) is 2.39. The van der Waals surface area contributed by atoms with Crippen molar-refractivity contribution in [1.29, 1.82) is 0 Å². The van der Waals surface area contributed by atoms with Crippen LogP contribution in [0.15, 0.2) is 24.3 Å². The van der Waals surface area contributed by atoms with Gasteiger partial charge in [-0.1, -0.05) is 12.1 Å². The molecule has 0 aromatic heterocycles. The van der Waals surface area contributed by atoms with E-state index in [-0.39, 0.29) is 0 Å². The summed E-state index contributed by atoms with van der Waals surface area (Å²) >= 11 is 0. The van der Waals surface area contributed by atoms with Crippen LogP contribution in [0.2, 0.25) is 0 Å². The Labute approximate surface area is 115 Å². The van der Waals surface area contributed by atoms with E-state index in [2.05, 4.69) is 5.32 Å². The molecule has 5 heteroatoms. The van der Waals surface area contributed by atoms with Crippen molar-refractivity contribution in [3.8, 4) is 0 Å². The van der Waals surface area contributed by atoms with Crippen molar-refractivity contribution in [2.75, 3.05) is 30.7 Å². The number of nitrogens with zero attached hydrogens (tertiary/aromatic N) is 1. The van der Waals surface area contributed by atoms with E-state index in [1.54, 1.807) is 7.05 Å². The van der Waals surface area contributed by atoms with E-state index in [0.29, 0.717) is 11.6 Å². The summed E-state index contributed by atoms with van der Waals surface area (Å²) in [5.41, 5.74) is 1.99. The quantitative estimate of drug-likeness (QED) is 0.913. The van der Waals surface area contributed by atoms with Crippen molar-refractivity contribution in [1.82, 2.24) is 5.32 Å². The van der Waals surface area contributed by atoms with E-state index in [1.165, 1.54) is 29.0 Å². The number of benzene rings is 1. The van der Waals surface area contributed by atoms with Crippen molar-refractivity contribution in [2.45, 2.75) is 19.3 Å². The van der Waals surface area contributed by atoms with Crippen LogP contribution >= 0.6 is 0 Å². The van der Waals surface area contributed by atoms with Crippen LogP contribution < -0.4 is 9.62 Å². The summed E-state index contributed by atoms with van der Waals surface area (Å²) < 4.78 is 24.2. The third-order valence-electron chi connectivity index (χ3n) is 3.72. The predicted octanol–water partition coefficient (Wildman–Crippen LogP) is 1.62. The molecule has 1 aromatic rings. The van der Waals surface area contributed by atoms with Crippen LogP contribution in [0.3, 0.4) is 0 Å². The summed E-state index contributed by atoms with van der Waals surface area (Å²) in [6.07, 6.45) is 4.81. The highest BCUT2D eigenvalue weighted by molar-refractivity contribution is 7.92. The number of sulfonamides is 1. The topological polar surface area (TPSA) is 49.4 Å². The summed E-state index contributed by atoms with van der Waals surface area (Å²) in [6, 6.07) is 7.83. The second kappa shape index (κ2) is 5.92. The van der Waals surface area contributed by atoms with Crippen LogP contribution in [0.25, 0.3) is 0 Å². The monoisotopic (exact) mass is 282 g/mol. The Morgan fingerprint density at radius 3 is 2.53 bits per heavy atom. The molecular weight excluding hydrogens is 260 g/mol. The minimum absolute atomic E-state index is 0.701. The van der Waals surface area contributed by atoms with Gasteiger partial charge < -0.3 is 5.32 Å². The van der Waals surface area contributed by atoms with Gasteiger partial charge in [0, 0.05) is 7.05 Å². The van der Waals surface area contributed by atoms with Gasteiger partial charge in [0.05, 0.1) is 11.9 Å². The summed E-state index contributed by atoms with van der Waals surface area (Å²) in [7, 11) is -1.59. The van der Waals surface area contributed by atoms with Gasteiger partial charge in [0.2, 0.25) is 10.0 Å². The summed E-state index contributed by atoms with van der Waals surface area (Å²) in [5.74, 6) is 0.701. The predicted molar refractivity (Wildman–Crippen MR) is 79.0 cm³/mol. The maximum Gasteiger partial charge on any atom is 0.231 e. The minimum Gasteiger partial charge on any atom is -0.316 e. The maximum atomic E-state index is 11.5. The van der Waals surface area contributed by atoms with Gasteiger partial charge in [-0.3, -0.25) is 4.31 Å². The van der Waals surface area contributed by atoms with Crippen LogP contribution in [0.5, 0.6) is 0 Å². The van der Waals surface area contributed by atoms with Crippen molar-refractivity contribution in [3.05, 3.63) is 29.8 Å². The Hall–Kier alpha value is -1.07. The second-order valence-electron chi connectivity index (χ2n) is 5.31.